The fourth-order valence-electron chi connectivity index (χ4n) is 1.85. The number of benzene rings is 1. The molecule has 1 N–H and O–H groups in total. The first-order chi connectivity index (χ1) is 8.15. The van der Waals surface area contributed by atoms with Crippen molar-refractivity contribution in [2.45, 2.75) is 25.3 Å². The standard InChI is InChI=1S/C13H15NO2S/c1-3-14-11-7-10(8-15)4-5-12(11)17-13(14)6-9(2)16/h4-7,15H,3,8H2,1-2H3/b13-6-. The number of allylic oxidation sites excluding steroid dienone is 1. The number of ketones is 1. The van der Waals surface area contributed by atoms with Gasteiger partial charge in [-0.15, -0.1) is 0 Å². The Bertz CT molecular complexity index is 482. The monoisotopic (exact) mass is 249 g/mol. The Morgan fingerprint density at radius 3 is 2.88 bits per heavy atom. The summed E-state index contributed by atoms with van der Waals surface area (Å²) < 4.78 is 0. The number of aliphatic hydroxyl groups is 1. The molecule has 1 aliphatic rings. The minimum Gasteiger partial charge on any atom is -0.392 e. The third-order valence-electron chi connectivity index (χ3n) is 2.62. The summed E-state index contributed by atoms with van der Waals surface area (Å²) in [5.41, 5.74) is 1.98. The zero-order valence-electron chi connectivity index (χ0n) is 9.93. The number of thioether (sulfide) groups is 1. The Hall–Kier alpha value is -1.26. The molecule has 1 aliphatic heterocycles. The van der Waals surface area contributed by atoms with E-state index in [1.54, 1.807) is 24.8 Å². The zero-order chi connectivity index (χ0) is 12.4. The van der Waals surface area contributed by atoms with Crippen molar-refractivity contribution in [2.24, 2.45) is 0 Å². The molecular formula is C13H15NO2S. The second-order valence-corrected chi connectivity index (χ2v) is 4.96. The molecule has 0 spiro atoms. The van der Waals surface area contributed by atoms with E-state index in [1.165, 1.54) is 0 Å². The molecule has 1 aromatic rings. The van der Waals surface area contributed by atoms with Crippen molar-refractivity contribution in [3.8, 4) is 0 Å². The normalized spacial score (nSPS) is 16.4. The minimum absolute atomic E-state index is 0.0429. The van der Waals surface area contributed by atoms with Crippen LogP contribution in [0.15, 0.2) is 34.2 Å². The van der Waals surface area contributed by atoms with Gasteiger partial charge in [-0.05, 0) is 31.5 Å². The number of fused-ring (bicyclic) bond motifs is 1. The highest BCUT2D eigenvalue weighted by atomic mass is 32.2. The van der Waals surface area contributed by atoms with Crippen LogP contribution in [-0.4, -0.2) is 17.4 Å². The summed E-state index contributed by atoms with van der Waals surface area (Å²) in [6, 6.07) is 5.89. The van der Waals surface area contributed by atoms with Gasteiger partial charge in [0.05, 0.1) is 17.3 Å². The van der Waals surface area contributed by atoms with Gasteiger partial charge < -0.3 is 10.0 Å². The van der Waals surface area contributed by atoms with Crippen molar-refractivity contribution in [3.05, 3.63) is 34.9 Å². The molecule has 0 aromatic heterocycles. The predicted octanol–water partition coefficient (Wildman–Crippen LogP) is 2.54. The van der Waals surface area contributed by atoms with Crippen molar-refractivity contribution in [2.75, 3.05) is 11.4 Å². The Kier molecular flexibility index (Phi) is 3.54. The van der Waals surface area contributed by atoms with Crippen molar-refractivity contribution in [1.29, 1.82) is 0 Å². The summed E-state index contributed by atoms with van der Waals surface area (Å²) in [6.45, 7) is 4.47. The SMILES string of the molecule is CCN1/C(=C/C(C)=O)Sc2ccc(CO)cc21. The first-order valence-electron chi connectivity index (χ1n) is 5.57. The molecule has 17 heavy (non-hydrogen) atoms. The van der Waals surface area contributed by atoms with Gasteiger partial charge in [-0.2, -0.15) is 0 Å². The van der Waals surface area contributed by atoms with Crippen LogP contribution in [0.5, 0.6) is 0 Å². The minimum atomic E-state index is 0.0429. The average molecular weight is 249 g/mol. The molecule has 0 fully saturated rings. The summed E-state index contributed by atoms with van der Waals surface area (Å²) in [5, 5.41) is 10.1. The fourth-order valence-corrected chi connectivity index (χ4v) is 3.05. The molecule has 1 aromatic carbocycles. The van der Waals surface area contributed by atoms with E-state index < -0.39 is 0 Å². The Morgan fingerprint density at radius 1 is 1.53 bits per heavy atom. The van der Waals surface area contributed by atoms with E-state index in [2.05, 4.69) is 11.8 Å². The molecule has 0 saturated carbocycles. The van der Waals surface area contributed by atoms with Gasteiger partial charge >= 0.3 is 0 Å². The molecule has 1 heterocycles. The maximum absolute atomic E-state index is 11.2. The lowest BCUT2D eigenvalue weighted by atomic mass is 10.2. The first kappa shape index (κ1) is 12.2. The molecule has 90 valence electrons. The third kappa shape index (κ3) is 2.37. The zero-order valence-corrected chi connectivity index (χ0v) is 10.8. The van der Waals surface area contributed by atoms with Crippen molar-refractivity contribution in [3.63, 3.8) is 0 Å². The topological polar surface area (TPSA) is 40.5 Å². The summed E-state index contributed by atoms with van der Waals surface area (Å²) in [7, 11) is 0. The molecule has 0 aliphatic carbocycles. The fraction of sp³-hybridized carbons (Fsp3) is 0.308. The Morgan fingerprint density at radius 2 is 2.29 bits per heavy atom. The van der Waals surface area contributed by atoms with E-state index in [-0.39, 0.29) is 12.4 Å². The van der Waals surface area contributed by atoms with Gasteiger partial charge in [0.1, 0.15) is 0 Å². The lowest BCUT2D eigenvalue weighted by molar-refractivity contribution is -0.112. The average Bonchev–Trinajstić information content (AvgIpc) is 2.63. The van der Waals surface area contributed by atoms with Crippen LogP contribution in [0.2, 0.25) is 0 Å². The van der Waals surface area contributed by atoms with Crippen LogP contribution in [0, 0.1) is 0 Å². The molecular weight excluding hydrogens is 234 g/mol. The molecule has 3 nitrogen and oxygen atoms in total. The van der Waals surface area contributed by atoms with Crippen molar-refractivity contribution in [1.82, 2.24) is 0 Å². The van der Waals surface area contributed by atoms with E-state index >= 15 is 0 Å². The summed E-state index contributed by atoms with van der Waals surface area (Å²) in [5.74, 6) is 0.0566. The van der Waals surface area contributed by atoms with Crippen molar-refractivity contribution < 1.29 is 9.90 Å². The smallest absolute Gasteiger partial charge is 0.155 e. The van der Waals surface area contributed by atoms with Crippen LogP contribution in [0.25, 0.3) is 0 Å². The van der Waals surface area contributed by atoms with E-state index in [0.29, 0.717) is 0 Å². The number of aliphatic hydroxyl groups excluding tert-OH is 1. The van der Waals surface area contributed by atoms with Gasteiger partial charge in [0.2, 0.25) is 0 Å². The Balaban J connectivity index is 2.42. The van der Waals surface area contributed by atoms with E-state index in [1.807, 2.05) is 18.2 Å². The maximum Gasteiger partial charge on any atom is 0.155 e. The number of rotatable bonds is 3. The number of hydrogen-bond acceptors (Lipinski definition) is 4. The van der Waals surface area contributed by atoms with Crippen LogP contribution < -0.4 is 4.90 Å². The lowest BCUT2D eigenvalue weighted by Crippen LogP contribution is -2.17. The molecule has 4 heteroatoms. The molecule has 0 saturated heterocycles. The Labute approximate surface area is 105 Å². The van der Waals surface area contributed by atoms with E-state index in [9.17, 15) is 4.79 Å². The molecule has 0 unspecified atom stereocenters. The summed E-state index contributed by atoms with van der Waals surface area (Å²) in [4.78, 5) is 14.4. The predicted molar refractivity (Wildman–Crippen MR) is 70.0 cm³/mol. The largest absolute Gasteiger partial charge is 0.392 e. The quantitative estimate of drug-likeness (QED) is 0.836. The van der Waals surface area contributed by atoms with Crippen LogP contribution in [-0.2, 0) is 11.4 Å². The number of nitrogens with zero attached hydrogens (tertiary/aromatic N) is 1. The van der Waals surface area contributed by atoms with E-state index in [0.717, 1.165) is 27.7 Å². The van der Waals surface area contributed by atoms with Crippen LogP contribution in [0.3, 0.4) is 0 Å². The first-order valence-corrected chi connectivity index (χ1v) is 6.38. The number of carbonyl (C=O) groups is 1. The lowest BCUT2D eigenvalue weighted by Gasteiger charge is -2.18. The molecule has 0 atom stereocenters. The maximum atomic E-state index is 11.2. The number of carbonyl (C=O) groups excluding carboxylic acids is 1. The highest BCUT2D eigenvalue weighted by molar-refractivity contribution is 8.03. The molecule has 0 radical (unpaired) electrons. The van der Waals surface area contributed by atoms with Gasteiger partial charge in [-0.3, -0.25) is 4.79 Å². The summed E-state index contributed by atoms with van der Waals surface area (Å²) in [6.07, 6.45) is 1.66. The van der Waals surface area contributed by atoms with E-state index in [4.69, 9.17) is 5.11 Å². The molecule has 2 rings (SSSR count). The highest BCUT2D eigenvalue weighted by Gasteiger charge is 2.24. The van der Waals surface area contributed by atoms with Gasteiger partial charge in [0.15, 0.2) is 5.78 Å². The molecule has 0 bridgehead atoms. The van der Waals surface area contributed by atoms with Crippen LogP contribution in [0.4, 0.5) is 5.69 Å². The highest BCUT2D eigenvalue weighted by Crippen LogP contribution is 2.46. The van der Waals surface area contributed by atoms with Crippen molar-refractivity contribution >= 4 is 23.2 Å². The van der Waals surface area contributed by atoms with Gasteiger partial charge in [0, 0.05) is 17.5 Å². The van der Waals surface area contributed by atoms with Gasteiger partial charge in [-0.25, -0.2) is 0 Å². The summed E-state index contributed by atoms with van der Waals surface area (Å²) >= 11 is 1.60. The number of hydrogen-bond donors (Lipinski definition) is 1. The second-order valence-electron chi connectivity index (χ2n) is 3.90. The molecule has 0 amide bonds. The van der Waals surface area contributed by atoms with Gasteiger partial charge in [-0.1, -0.05) is 17.8 Å². The van der Waals surface area contributed by atoms with Gasteiger partial charge in [0.25, 0.3) is 0 Å². The second kappa shape index (κ2) is 4.94. The number of anilines is 1. The van der Waals surface area contributed by atoms with Crippen LogP contribution >= 0.6 is 11.8 Å². The van der Waals surface area contributed by atoms with Crippen LogP contribution in [0.1, 0.15) is 19.4 Å². The third-order valence-corrected chi connectivity index (χ3v) is 3.73.